The molecule has 0 radical (unpaired) electrons. The number of amides is 1. The van der Waals surface area contributed by atoms with Gasteiger partial charge < -0.3 is 11.5 Å². The fourth-order valence-electron chi connectivity index (χ4n) is 0.873. The number of pyridine rings is 1. The SMILES string of the molecule is NC(=O)[C@@H](N)Cc1ccncc1. The predicted octanol–water partition coefficient (Wildman–Crippen LogP) is -0.563. The van der Waals surface area contributed by atoms with Crippen LogP contribution in [0.15, 0.2) is 24.5 Å². The second-order valence-electron chi connectivity index (χ2n) is 2.57. The Bertz CT molecular complexity index is 260. The van der Waals surface area contributed by atoms with Crippen molar-refractivity contribution in [3.8, 4) is 0 Å². The standard InChI is InChI=1S/C8H11N3O/c9-7(8(10)12)5-6-1-3-11-4-2-6/h1-4,7H,5,9H2,(H2,10,12)/t7-/m0/s1. The topological polar surface area (TPSA) is 82.0 Å². The molecule has 64 valence electrons. The molecule has 0 aliphatic rings. The number of nitrogens with zero attached hydrogens (tertiary/aromatic N) is 1. The largest absolute Gasteiger partial charge is 0.368 e. The van der Waals surface area contributed by atoms with Crippen molar-refractivity contribution >= 4 is 5.91 Å². The van der Waals surface area contributed by atoms with Gasteiger partial charge >= 0.3 is 0 Å². The maximum absolute atomic E-state index is 10.6. The molecule has 0 saturated carbocycles. The maximum atomic E-state index is 10.6. The predicted molar refractivity (Wildman–Crippen MR) is 45.1 cm³/mol. The first-order valence-corrected chi connectivity index (χ1v) is 3.64. The monoisotopic (exact) mass is 165 g/mol. The number of hydrogen-bond donors (Lipinski definition) is 2. The summed E-state index contributed by atoms with van der Waals surface area (Å²) in [7, 11) is 0. The number of hydrogen-bond acceptors (Lipinski definition) is 3. The summed E-state index contributed by atoms with van der Waals surface area (Å²) >= 11 is 0. The number of aromatic nitrogens is 1. The van der Waals surface area contributed by atoms with Crippen molar-refractivity contribution in [3.63, 3.8) is 0 Å². The second kappa shape index (κ2) is 3.82. The van der Waals surface area contributed by atoms with E-state index in [9.17, 15) is 4.79 Å². The number of carbonyl (C=O) groups is 1. The molecule has 1 rings (SSSR count). The lowest BCUT2D eigenvalue weighted by Crippen LogP contribution is -2.38. The normalized spacial score (nSPS) is 12.4. The molecule has 4 nitrogen and oxygen atoms in total. The molecule has 1 aromatic rings. The Labute approximate surface area is 70.6 Å². The van der Waals surface area contributed by atoms with E-state index in [2.05, 4.69) is 4.98 Å². The van der Waals surface area contributed by atoms with Crippen LogP contribution >= 0.6 is 0 Å². The zero-order valence-corrected chi connectivity index (χ0v) is 6.60. The molecule has 1 atom stereocenters. The molecule has 0 aromatic carbocycles. The van der Waals surface area contributed by atoms with Gasteiger partial charge in [0.2, 0.25) is 5.91 Å². The molecule has 4 heteroatoms. The highest BCUT2D eigenvalue weighted by atomic mass is 16.1. The highest BCUT2D eigenvalue weighted by Gasteiger charge is 2.08. The first-order chi connectivity index (χ1) is 5.70. The van der Waals surface area contributed by atoms with Crippen molar-refractivity contribution in [2.45, 2.75) is 12.5 Å². The summed E-state index contributed by atoms with van der Waals surface area (Å²) in [5.74, 6) is -0.480. The first-order valence-electron chi connectivity index (χ1n) is 3.64. The molecule has 1 heterocycles. The fourth-order valence-corrected chi connectivity index (χ4v) is 0.873. The molecule has 0 bridgehead atoms. The number of rotatable bonds is 3. The quantitative estimate of drug-likeness (QED) is 0.629. The first kappa shape index (κ1) is 8.67. The second-order valence-corrected chi connectivity index (χ2v) is 2.57. The Morgan fingerprint density at radius 2 is 2.08 bits per heavy atom. The van der Waals surface area contributed by atoms with E-state index >= 15 is 0 Å². The van der Waals surface area contributed by atoms with Crippen molar-refractivity contribution < 1.29 is 4.79 Å². The van der Waals surface area contributed by atoms with Gasteiger partial charge in [0.25, 0.3) is 0 Å². The highest BCUT2D eigenvalue weighted by molar-refractivity contribution is 5.79. The van der Waals surface area contributed by atoms with Gasteiger partial charge in [-0.1, -0.05) is 0 Å². The van der Waals surface area contributed by atoms with Crippen molar-refractivity contribution in [1.82, 2.24) is 4.98 Å². The summed E-state index contributed by atoms with van der Waals surface area (Å²) in [5, 5.41) is 0. The average Bonchev–Trinajstić information content (AvgIpc) is 2.06. The minimum atomic E-state index is -0.604. The van der Waals surface area contributed by atoms with Crippen LogP contribution < -0.4 is 11.5 Å². The van der Waals surface area contributed by atoms with Gasteiger partial charge in [-0.3, -0.25) is 9.78 Å². The van der Waals surface area contributed by atoms with Crippen molar-refractivity contribution in [3.05, 3.63) is 30.1 Å². The van der Waals surface area contributed by atoms with Gasteiger partial charge in [-0.15, -0.1) is 0 Å². The lowest BCUT2D eigenvalue weighted by molar-refractivity contribution is -0.119. The molecule has 0 unspecified atom stereocenters. The molecule has 0 spiro atoms. The Morgan fingerprint density at radius 1 is 1.50 bits per heavy atom. The van der Waals surface area contributed by atoms with Gasteiger partial charge in [0.05, 0.1) is 6.04 Å². The Morgan fingerprint density at radius 3 is 2.58 bits per heavy atom. The third-order valence-corrected chi connectivity index (χ3v) is 1.57. The summed E-state index contributed by atoms with van der Waals surface area (Å²) in [4.78, 5) is 14.4. The van der Waals surface area contributed by atoms with Crippen LogP contribution in [-0.2, 0) is 11.2 Å². The van der Waals surface area contributed by atoms with E-state index in [1.165, 1.54) is 0 Å². The Kier molecular flexibility index (Phi) is 2.76. The van der Waals surface area contributed by atoms with Crippen LogP contribution in [0.25, 0.3) is 0 Å². The third-order valence-electron chi connectivity index (χ3n) is 1.57. The van der Waals surface area contributed by atoms with Crippen molar-refractivity contribution in [1.29, 1.82) is 0 Å². The van der Waals surface area contributed by atoms with E-state index in [-0.39, 0.29) is 0 Å². The van der Waals surface area contributed by atoms with Crippen LogP contribution in [-0.4, -0.2) is 16.9 Å². The van der Waals surface area contributed by atoms with Crippen LogP contribution in [0.3, 0.4) is 0 Å². The molecule has 0 saturated heterocycles. The van der Waals surface area contributed by atoms with Gasteiger partial charge in [-0.25, -0.2) is 0 Å². The van der Waals surface area contributed by atoms with Crippen LogP contribution in [0.5, 0.6) is 0 Å². The van der Waals surface area contributed by atoms with E-state index in [1.54, 1.807) is 12.4 Å². The van der Waals surface area contributed by atoms with E-state index in [0.717, 1.165) is 5.56 Å². The number of primary amides is 1. The zero-order valence-electron chi connectivity index (χ0n) is 6.60. The average molecular weight is 165 g/mol. The molecule has 1 aromatic heterocycles. The molecular formula is C8H11N3O. The summed E-state index contributed by atoms with van der Waals surface area (Å²) in [6, 6.07) is 3.01. The molecule has 12 heavy (non-hydrogen) atoms. The molecule has 4 N–H and O–H groups in total. The van der Waals surface area contributed by atoms with Gasteiger partial charge in [-0.05, 0) is 24.1 Å². The van der Waals surface area contributed by atoms with Gasteiger partial charge in [-0.2, -0.15) is 0 Å². The van der Waals surface area contributed by atoms with Crippen LogP contribution in [0.4, 0.5) is 0 Å². The maximum Gasteiger partial charge on any atom is 0.234 e. The van der Waals surface area contributed by atoms with E-state index in [0.29, 0.717) is 6.42 Å². The van der Waals surface area contributed by atoms with Crippen LogP contribution in [0.1, 0.15) is 5.56 Å². The van der Waals surface area contributed by atoms with Crippen LogP contribution in [0, 0.1) is 0 Å². The van der Waals surface area contributed by atoms with Gasteiger partial charge in [0, 0.05) is 12.4 Å². The Hall–Kier alpha value is -1.42. The zero-order chi connectivity index (χ0) is 8.97. The number of nitrogens with two attached hydrogens (primary N) is 2. The molecule has 0 aliphatic carbocycles. The summed E-state index contributed by atoms with van der Waals surface area (Å²) in [5.41, 5.74) is 11.4. The van der Waals surface area contributed by atoms with Crippen molar-refractivity contribution in [2.75, 3.05) is 0 Å². The minimum absolute atomic E-state index is 0.470. The molecule has 1 amide bonds. The molecular weight excluding hydrogens is 154 g/mol. The van der Waals surface area contributed by atoms with Gasteiger partial charge in [0.1, 0.15) is 0 Å². The fraction of sp³-hybridized carbons (Fsp3) is 0.250. The number of carbonyl (C=O) groups excluding carboxylic acids is 1. The highest BCUT2D eigenvalue weighted by Crippen LogP contribution is 1.99. The van der Waals surface area contributed by atoms with Crippen molar-refractivity contribution in [2.24, 2.45) is 11.5 Å². The molecule has 0 fully saturated rings. The Balaban J connectivity index is 2.58. The smallest absolute Gasteiger partial charge is 0.234 e. The molecule has 0 aliphatic heterocycles. The lowest BCUT2D eigenvalue weighted by Gasteiger charge is -2.05. The van der Waals surface area contributed by atoms with Gasteiger partial charge in [0.15, 0.2) is 0 Å². The summed E-state index contributed by atoms with van der Waals surface area (Å²) in [6.07, 6.45) is 3.78. The van der Waals surface area contributed by atoms with E-state index in [4.69, 9.17) is 11.5 Å². The van der Waals surface area contributed by atoms with E-state index in [1.807, 2.05) is 12.1 Å². The lowest BCUT2D eigenvalue weighted by atomic mass is 10.1. The third kappa shape index (κ3) is 2.32. The summed E-state index contributed by atoms with van der Waals surface area (Å²) < 4.78 is 0. The van der Waals surface area contributed by atoms with E-state index < -0.39 is 11.9 Å². The minimum Gasteiger partial charge on any atom is -0.368 e. The van der Waals surface area contributed by atoms with Crippen LogP contribution in [0.2, 0.25) is 0 Å². The summed E-state index contributed by atoms with van der Waals surface area (Å²) in [6.45, 7) is 0.